The molecule has 0 amide bonds. The van der Waals surface area contributed by atoms with Crippen molar-refractivity contribution in [3.05, 3.63) is 58.7 Å². The summed E-state index contributed by atoms with van der Waals surface area (Å²) in [4.78, 5) is 2.27. The minimum absolute atomic E-state index is 0.484. The maximum Gasteiger partial charge on any atom is 0.191 e. The SMILES string of the molecule is CCCCN(C)c1ccc(/C=N\NC(=S)Nc2c(C)cc(C)cc2C)cc1. The Morgan fingerprint density at radius 1 is 1.11 bits per heavy atom. The van der Waals surface area contributed by atoms with Crippen LogP contribution in [0.2, 0.25) is 0 Å². The second kappa shape index (κ2) is 10.1. The number of nitrogens with one attached hydrogen (secondary N) is 2. The van der Waals surface area contributed by atoms with Gasteiger partial charge in [0.05, 0.1) is 6.21 Å². The highest BCUT2D eigenvalue weighted by atomic mass is 32.1. The third-order valence-electron chi connectivity index (χ3n) is 4.48. The van der Waals surface area contributed by atoms with Crippen LogP contribution < -0.4 is 15.6 Å². The molecular weight excluding hydrogens is 352 g/mol. The average Bonchev–Trinajstić information content (AvgIpc) is 2.63. The van der Waals surface area contributed by atoms with Gasteiger partial charge in [-0.25, -0.2) is 0 Å². The standard InChI is InChI=1S/C22H30N4S/c1-6-7-12-26(5)20-10-8-19(9-11-20)15-23-25-22(27)24-21-17(3)13-16(2)14-18(21)4/h8-11,13-15H,6-7,12H2,1-5H3,(H2,24,25,27)/b23-15-. The maximum atomic E-state index is 5.36. The zero-order chi connectivity index (χ0) is 19.8. The summed E-state index contributed by atoms with van der Waals surface area (Å²) in [6, 6.07) is 12.6. The van der Waals surface area contributed by atoms with E-state index in [4.69, 9.17) is 12.2 Å². The fraction of sp³-hybridized carbons (Fsp3) is 0.364. The highest BCUT2D eigenvalue weighted by molar-refractivity contribution is 7.80. The van der Waals surface area contributed by atoms with E-state index in [1.165, 1.54) is 35.2 Å². The number of hydrogen-bond acceptors (Lipinski definition) is 3. The fourth-order valence-electron chi connectivity index (χ4n) is 3.02. The van der Waals surface area contributed by atoms with Crippen LogP contribution in [0.5, 0.6) is 0 Å². The van der Waals surface area contributed by atoms with Crippen LogP contribution in [0.4, 0.5) is 11.4 Å². The van der Waals surface area contributed by atoms with E-state index in [1.54, 1.807) is 6.21 Å². The van der Waals surface area contributed by atoms with Gasteiger partial charge in [-0.1, -0.05) is 43.2 Å². The monoisotopic (exact) mass is 382 g/mol. The number of benzene rings is 2. The number of unbranched alkanes of at least 4 members (excludes halogenated alkanes) is 1. The quantitative estimate of drug-likeness (QED) is 0.394. The highest BCUT2D eigenvalue weighted by Crippen LogP contribution is 2.21. The molecule has 0 aromatic heterocycles. The summed E-state index contributed by atoms with van der Waals surface area (Å²) >= 11 is 5.36. The Balaban J connectivity index is 1.90. The first kappa shape index (κ1) is 20.9. The van der Waals surface area contributed by atoms with E-state index in [1.807, 2.05) is 0 Å². The largest absolute Gasteiger partial charge is 0.375 e. The van der Waals surface area contributed by atoms with E-state index in [-0.39, 0.29) is 0 Å². The van der Waals surface area contributed by atoms with Crippen LogP contribution in [0.15, 0.2) is 41.5 Å². The van der Waals surface area contributed by atoms with Crippen LogP contribution in [0.1, 0.15) is 42.0 Å². The summed E-state index contributed by atoms with van der Waals surface area (Å²) < 4.78 is 0. The van der Waals surface area contributed by atoms with Crippen molar-refractivity contribution in [1.82, 2.24) is 5.43 Å². The number of thiocarbonyl (C=S) groups is 1. The molecule has 2 aromatic carbocycles. The predicted molar refractivity (Wildman–Crippen MR) is 122 cm³/mol. The first-order valence-corrected chi connectivity index (χ1v) is 9.80. The number of hydrazone groups is 1. The average molecular weight is 383 g/mol. The lowest BCUT2D eigenvalue weighted by molar-refractivity contribution is 0.767. The molecule has 144 valence electrons. The lowest BCUT2D eigenvalue weighted by atomic mass is 10.1. The second-order valence-electron chi connectivity index (χ2n) is 6.96. The molecule has 0 unspecified atom stereocenters. The summed E-state index contributed by atoms with van der Waals surface area (Å²) in [5, 5.41) is 7.97. The first-order valence-electron chi connectivity index (χ1n) is 9.39. The molecule has 0 atom stereocenters. The zero-order valence-corrected chi connectivity index (χ0v) is 17.8. The Bertz CT molecular complexity index is 773. The Labute approximate surface area is 168 Å². The molecule has 2 N–H and O–H groups in total. The van der Waals surface area contributed by atoms with Gasteiger partial charge in [0.1, 0.15) is 0 Å². The topological polar surface area (TPSA) is 39.7 Å². The Morgan fingerprint density at radius 2 is 1.74 bits per heavy atom. The number of aryl methyl sites for hydroxylation is 3. The molecule has 0 radical (unpaired) electrons. The smallest absolute Gasteiger partial charge is 0.191 e. The highest BCUT2D eigenvalue weighted by Gasteiger charge is 2.05. The molecule has 0 aliphatic carbocycles. The molecule has 5 heteroatoms. The van der Waals surface area contributed by atoms with Gasteiger partial charge < -0.3 is 10.2 Å². The number of hydrogen-bond donors (Lipinski definition) is 2. The number of rotatable bonds is 7. The molecule has 2 rings (SSSR count). The molecule has 0 aliphatic rings. The van der Waals surface area contributed by atoms with Crippen LogP contribution >= 0.6 is 12.2 Å². The maximum absolute atomic E-state index is 5.36. The van der Waals surface area contributed by atoms with E-state index in [9.17, 15) is 0 Å². The normalized spacial score (nSPS) is 10.9. The Kier molecular flexibility index (Phi) is 7.80. The molecule has 4 nitrogen and oxygen atoms in total. The Hall–Kier alpha value is -2.40. The van der Waals surface area contributed by atoms with Gasteiger partial charge in [0.15, 0.2) is 5.11 Å². The van der Waals surface area contributed by atoms with Crippen LogP contribution in [0.25, 0.3) is 0 Å². The van der Waals surface area contributed by atoms with Crippen molar-refractivity contribution in [2.45, 2.75) is 40.5 Å². The van der Waals surface area contributed by atoms with Gasteiger partial charge in [0.2, 0.25) is 0 Å². The van der Waals surface area contributed by atoms with Gasteiger partial charge >= 0.3 is 0 Å². The summed E-state index contributed by atoms with van der Waals surface area (Å²) in [7, 11) is 2.12. The van der Waals surface area contributed by atoms with Crippen LogP contribution in [0.3, 0.4) is 0 Å². The van der Waals surface area contributed by atoms with Gasteiger partial charge in [-0.2, -0.15) is 5.10 Å². The van der Waals surface area contributed by atoms with E-state index in [0.717, 1.165) is 17.8 Å². The van der Waals surface area contributed by atoms with Gasteiger partial charge in [0.25, 0.3) is 0 Å². The first-order chi connectivity index (χ1) is 12.9. The third kappa shape index (κ3) is 6.36. The van der Waals surface area contributed by atoms with Crippen LogP contribution in [-0.4, -0.2) is 24.9 Å². The molecule has 0 saturated carbocycles. The molecule has 0 aliphatic heterocycles. The predicted octanol–water partition coefficient (Wildman–Crippen LogP) is 5.17. The molecule has 27 heavy (non-hydrogen) atoms. The Morgan fingerprint density at radius 3 is 2.33 bits per heavy atom. The van der Waals surface area contributed by atoms with Crippen molar-refractivity contribution in [3.8, 4) is 0 Å². The van der Waals surface area contributed by atoms with Crippen molar-refractivity contribution >= 4 is 34.9 Å². The van der Waals surface area contributed by atoms with Gasteiger partial charge in [-0.15, -0.1) is 0 Å². The molecule has 2 aromatic rings. The van der Waals surface area contributed by atoms with E-state index in [2.05, 4.69) is 91.9 Å². The lowest BCUT2D eigenvalue weighted by Crippen LogP contribution is -2.24. The summed E-state index contributed by atoms with van der Waals surface area (Å²) in [6.45, 7) is 9.53. The lowest BCUT2D eigenvalue weighted by Gasteiger charge is -2.18. The third-order valence-corrected chi connectivity index (χ3v) is 4.67. The van der Waals surface area contributed by atoms with Crippen molar-refractivity contribution in [3.63, 3.8) is 0 Å². The van der Waals surface area contributed by atoms with E-state index in [0.29, 0.717) is 5.11 Å². The molecule has 0 heterocycles. The minimum atomic E-state index is 0.484. The van der Waals surface area contributed by atoms with Gasteiger partial charge in [0, 0.05) is 25.0 Å². The summed E-state index contributed by atoms with van der Waals surface area (Å²) in [5.41, 5.74) is 9.76. The van der Waals surface area contributed by atoms with Crippen molar-refractivity contribution in [2.24, 2.45) is 5.10 Å². The van der Waals surface area contributed by atoms with Crippen molar-refractivity contribution < 1.29 is 0 Å². The summed E-state index contributed by atoms with van der Waals surface area (Å²) in [6.07, 6.45) is 4.18. The molecule has 0 fully saturated rings. The summed E-state index contributed by atoms with van der Waals surface area (Å²) in [5.74, 6) is 0. The second-order valence-corrected chi connectivity index (χ2v) is 7.37. The van der Waals surface area contributed by atoms with Gasteiger partial charge in [-0.3, -0.25) is 5.43 Å². The van der Waals surface area contributed by atoms with Crippen LogP contribution in [0, 0.1) is 20.8 Å². The van der Waals surface area contributed by atoms with Gasteiger partial charge in [-0.05, 0) is 68.2 Å². The van der Waals surface area contributed by atoms with Crippen LogP contribution in [-0.2, 0) is 0 Å². The fourth-order valence-corrected chi connectivity index (χ4v) is 3.18. The zero-order valence-electron chi connectivity index (χ0n) is 17.0. The molecule has 0 saturated heterocycles. The molecular formula is C22H30N4S. The number of anilines is 2. The molecule has 0 spiro atoms. The van der Waals surface area contributed by atoms with Crippen molar-refractivity contribution in [1.29, 1.82) is 0 Å². The van der Waals surface area contributed by atoms with Crippen molar-refractivity contribution in [2.75, 3.05) is 23.8 Å². The van der Waals surface area contributed by atoms with E-state index >= 15 is 0 Å². The minimum Gasteiger partial charge on any atom is -0.375 e. The molecule has 0 bridgehead atoms. The van der Waals surface area contributed by atoms with E-state index < -0.39 is 0 Å². The number of nitrogens with zero attached hydrogens (tertiary/aromatic N) is 2.